The predicted molar refractivity (Wildman–Crippen MR) is 90.3 cm³/mol. The number of ether oxygens (including phenoxy) is 1. The van der Waals surface area contributed by atoms with Crippen molar-refractivity contribution >= 4 is 34.6 Å². The Morgan fingerprint density at radius 1 is 1.09 bits per heavy atom. The summed E-state index contributed by atoms with van der Waals surface area (Å²) >= 11 is 1.29. The molecule has 0 bridgehead atoms. The van der Waals surface area contributed by atoms with E-state index in [9.17, 15) is 9.59 Å². The Hall–Kier alpha value is -2.38. The maximum Gasteiger partial charge on any atom is 0.326 e. The summed E-state index contributed by atoms with van der Waals surface area (Å²) in [6.45, 7) is 2.87. The van der Waals surface area contributed by atoms with Crippen molar-refractivity contribution in [3.63, 3.8) is 0 Å². The fraction of sp³-hybridized carbons (Fsp3) is 0.250. The standard InChI is InChI=1S/C16H17N3O3S/c20-15(14-6-3-11-23-14)18-16(21)17-12-4-1-2-5-13(12)19-7-9-22-10-8-19/h1-6,11H,7-10H2,(H2,17,18,20,21). The first-order valence-corrected chi connectivity index (χ1v) is 8.19. The fourth-order valence-corrected chi connectivity index (χ4v) is 3.00. The first kappa shape index (κ1) is 15.5. The Labute approximate surface area is 138 Å². The lowest BCUT2D eigenvalue weighted by atomic mass is 10.2. The lowest BCUT2D eigenvalue weighted by Crippen LogP contribution is -2.38. The number of carbonyl (C=O) groups is 2. The van der Waals surface area contributed by atoms with Gasteiger partial charge in [-0.25, -0.2) is 4.79 Å². The number of para-hydroxylation sites is 2. The number of anilines is 2. The van der Waals surface area contributed by atoms with Gasteiger partial charge < -0.3 is 15.0 Å². The number of hydrogen-bond donors (Lipinski definition) is 2. The average molecular weight is 331 g/mol. The zero-order valence-electron chi connectivity index (χ0n) is 12.5. The third-order valence-corrected chi connectivity index (χ3v) is 4.34. The van der Waals surface area contributed by atoms with E-state index in [0.717, 1.165) is 18.8 Å². The number of benzene rings is 1. The second-order valence-corrected chi connectivity index (χ2v) is 5.95. The normalized spacial score (nSPS) is 14.3. The van der Waals surface area contributed by atoms with Gasteiger partial charge in [-0.3, -0.25) is 10.1 Å². The second-order valence-electron chi connectivity index (χ2n) is 5.00. The molecule has 0 radical (unpaired) electrons. The number of amides is 3. The number of thiophene rings is 1. The second kappa shape index (κ2) is 7.26. The van der Waals surface area contributed by atoms with Crippen LogP contribution in [0.25, 0.3) is 0 Å². The Balaban J connectivity index is 1.67. The highest BCUT2D eigenvalue weighted by Gasteiger charge is 2.17. The molecule has 1 aromatic carbocycles. The van der Waals surface area contributed by atoms with E-state index in [1.54, 1.807) is 17.5 Å². The molecule has 1 fully saturated rings. The van der Waals surface area contributed by atoms with Crippen LogP contribution in [0.2, 0.25) is 0 Å². The predicted octanol–water partition coefficient (Wildman–Crippen LogP) is 2.55. The van der Waals surface area contributed by atoms with E-state index < -0.39 is 11.9 Å². The Bertz CT molecular complexity index is 682. The monoisotopic (exact) mass is 331 g/mol. The SMILES string of the molecule is O=C(NC(=O)c1cccs1)Nc1ccccc1N1CCOCC1. The molecular weight excluding hydrogens is 314 g/mol. The van der Waals surface area contributed by atoms with E-state index in [-0.39, 0.29) is 0 Å². The van der Waals surface area contributed by atoms with Gasteiger partial charge in [0.15, 0.2) is 0 Å². The van der Waals surface area contributed by atoms with E-state index in [0.29, 0.717) is 23.8 Å². The smallest absolute Gasteiger partial charge is 0.326 e. The van der Waals surface area contributed by atoms with E-state index in [1.165, 1.54) is 11.3 Å². The highest BCUT2D eigenvalue weighted by molar-refractivity contribution is 7.12. The van der Waals surface area contributed by atoms with Crippen LogP contribution >= 0.6 is 11.3 Å². The van der Waals surface area contributed by atoms with Gasteiger partial charge in [-0.15, -0.1) is 11.3 Å². The molecular formula is C16H17N3O3S. The molecule has 2 aromatic rings. The van der Waals surface area contributed by atoms with Crippen LogP contribution in [0.4, 0.5) is 16.2 Å². The van der Waals surface area contributed by atoms with E-state index in [2.05, 4.69) is 15.5 Å². The zero-order chi connectivity index (χ0) is 16.1. The van der Waals surface area contributed by atoms with Gasteiger partial charge in [0.25, 0.3) is 5.91 Å². The van der Waals surface area contributed by atoms with Crippen molar-refractivity contribution in [1.82, 2.24) is 5.32 Å². The Kier molecular flexibility index (Phi) is 4.89. The van der Waals surface area contributed by atoms with Gasteiger partial charge in [0.05, 0.1) is 29.5 Å². The van der Waals surface area contributed by atoms with Crippen LogP contribution in [-0.4, -0.2) is 38.2 Å². The van der Waals surface area contributed by atoms with Gasteiger partial charge in [0, 0.05) is 13.1 Å². The molecule has 0 atom stereocenters. The molecule has 6 nitrogen and oxygen atoms in total. The molecule has 0 saturated carbocycles. The lowest BCUT2D eigenvalue weighted by Gasteiger charge is -2.30. The summed E-state index contributed by atoms with van der Waals surface area (Å²) in [6, 6.07) is 10.4. The summed E-state index contributed by atoms with van der Waals surface area (Å²) in [6.07, 6.45) is 0. The third kappa shape index (κ3) is 3.88. The molecule has 0 aliphatic carbocycles. The minimum Gasteiger partial charge on any atom is -0.378 e. The molecule has 1 aliphatic rings. The van der Waals surface area contributed by atoms with Crippen LogP contribution in [0.3, 0.4) is 0 Å². The molecule has 3 amide bonds. The van der Waals surface area contributed by atoms with E-state index in [1.807, 2.05) is 24.3 Å². The van der Waals surface area contributed by atoms with Crippen molar-refractivity contribution in [3.8, 4) is 0 Å². The summed E-state index contributed by atoms with van der Waals surface area (Å²) in [7, 11) is 0. The molecule has 2 heterocycles. The molecule has 0 spiro atoms. The Morgan fingerprint density at radius 3 is 2.61 bits per heavy atom. The maximum absolute atomic E-state index is 12.1. The molecule has 120 valence electrons. The van der Waals surface area contributed by atoms with Crippen LogP contribution in [0, 0.1) is 0 Å². The van der Waals surface area contributed by atoms with Crippen LogP contribution in [0.15, 0.2) is 41.8 Å². The molecule has 1 aliphatic heterocycles. The maximum atomic E-state index is 12.1. The molecule has 23 heavy (non-hydrogen) atoms. The molecule has 1 saturated heterocycles. The van der Waals surface area contributed by atoms with Gasteiger partial charge in [0.1, 0.15) is 0 Å². The molecule has 2 N–H and O–H groups in total. The summed E-state index contributed by atoms with van der Waals surface area (Å²) in [5.41, 5.74) is 1.60. The summed E-state index contributed by atoms with van der Waals surface area (Å²) < 4.78 is 5.35. The largest absolute Gasteiger partial charge is 0.378 e. The number of morpholine rings is 1. The lowest BCUT2D eigenvalue weighted by molar-refractivity contribution is 0.0971. The van der Waals surface area contributed by atoms with Crippen molar-refractivity contribution < 1.29 is 14.3 Å². The number of nitrogens with one attached hydrogen (secondary N) is 2. The van der Waals surface area contributed by atoms with E-state index >= 15 is 0 Å². The summed E-state index contributed by atoms with van der Waals surface area (Å²) in [5, 5.41) is 6.88. The van der Waals surface area contributed by atoms with Gasteiger partial charge in [0.2, 0.25) is 0 Å². The van der Waals surface area contributed by atoms with Crippen LogP contribution in [0.1, 0.15) is 9.67 Å². The zero-order valence-corrected chi connectivity index (χ0v) is 13.3. The van der Waals surface area contributed by atoms with E-state index in [4.69, 9.17) is 4.74 Å². The van der Waals surface area contributed by atoms with Gasteiger partial charge >= 0.3 is 6.03 Å². The number of rotatable bonds is 3. The minimum absolute atomic E-state index is 0.402. The molecule has 7 heteroatoms. The number of carbonyl (C=O) groups excluding carboxylic acids is 2. The number of nitrogens with zero attached hydrogens (tertiary/aromatic N) is 1. The number of hydrogen-bond acceptors (Lipinski definition) is 5. The number of imide groups is 1. The van der Waals surface area contributed by atoms with Crippen LogP contribution in [-0.2, 0) is 4.74 Å². The first-order chi connectivity index (χ1) is 11.2. The van der Waals surface area contributed by atoms with Crippen molar-refractivity contribution in [1.29, 1.82) is 0 Å². The van der Waals surface area contributed by atoms with Gasteiger partial charge in [-0.1, -0.05) is 18.2 Å². The summed E-state index contributed by atoms with van der Waals surface area (Å²) in [4.78, 5) is 26.6. The highest BCUT2D eigenvalue weighted by atomic mass is 32.1. The fourth-order valence-electron chi connectivity index (χ4n) is 2.39. The molecule has 1 aromatic heterocycles. The Morgan fingerprint density at radius 2 is 1.87 bits per heavy atom. The molecule has 3 rings (SSSR count). The average Bonchev–Trinajstić information content (AvgIpc) is 3.11. The topological polar surface area (TPSA) is 70.7 Å². The number of urea groups is 1. The van der Waals surface area contributed by atoms with Gasteiger partial charge in [-0.05, 0) is 23.6 Å². The van der Waals surface area contributed by atoms with Crippen LogP contribution < -0.4 is 15.5 Å². The highest BCUT2D eigenvalue weighted by Crippen LogP contribution is 2.26. The molecule has 0 unspecified atom stereocenters. The van der Waals surface area contributed by atoms with Crippen molar-refractivity contribution in [3.05, 3.63) is 46.7 Å². The van der Waals surface area contributed by atoms with Crippen molar-refractivity contribution in [2.75, 3.05) is 36.5 Å². The van der Waals surface area contributed by atoms with Gasteiger partial charge in [-0.2, -0.15) is 0 Å². The van der Waals surface area contributed by atoms with Crippen molar-refractivity contribution in [2.24, 2.45) is 0 Å². The third-order valence-electron chi connectivity index (χ3n) is 3.48. The van der Waals surface area contributed by atoms with Crippen LogP contribution in [0.5, 0.6) is 0 Å². The van der Waals surface area contributed by atoms with Crippen molar-refractivity contribution in [2.45, 2.75) is 0 Å². The minimum atomic E-state index is -0.538. The summed E-state index contributed by atoms with van der Waals surface area (Å²) in [5.74, 6) is -0.402. The quantitative estimate of drug-likeness (QED) is 0.907. The first-order valence-electron chi connectivity index (χ1n) is 7.31.